The summed E-state index contributed by atoms with van der Waals surface area (Å²) < 4.78 is 38.9. The number of aromatic nitrogens is 2. The van der Waals surface area contributed by atoms with Gasteiger partial charge in [-0.05, 0) is 58.0 Å². The van der Waals surface area contributed by atoms with Gasteiger partial charge in [-0.15, -0.1) is 0 Å². The Morgan fingerprint density at radius 2 is 1.84 bits per heavy atom. The lowest BCUT2D eigenvalue weighted by molar-refractivity contribution is -0.144. The lowest BCUT2D eigenvalue weighted by Gasteiger charge is -2.13. The van der Waals surface area contributed by atoms with E-state index in [-0.39, 0.29) is 4.90 Å². The summed E-state index contributed by atoms with van der Waals surface area (Å²) in [5.41, 5.74) is 1.74. The number of ketones is 1. The molecular weight excluding hydrogens is 458 g/mol. The van der Waals surface area contributed by atoms with Gasteiger partial charge < -0.3 is 9.26 Å². The number of aryl methyl sites for hydroxylation is 2. The quantitative estimate of drug-likeness (QED) is 0.389. The normalized spacial score (nSPS) is 12.5. The molecule has 2 heterocycles. The minimum Gasteiger partial charge on any atom is -0.456 e. The first-order valence-electron chi connectivity index (χ1n) is 9.60. The number of hydrogen-bond donors (Lipinski definition) is 1. The van der Waals surface area contributed by atoms with Crippen molar-refractivity contribution in [2.45, 2.75) is 38.6 Å². The van der Waals surface area contributed by atoms with Gasteiger partial charge in [0.25, 0.3) is 0 Å². The predicted molar refractivity (Wildman–Crippen MR) is 117 cm³/mol. The van der Waals surface area contributed by atoms with E-state index in [0.29, 0.717) is 27.9 Å². The number of halogens is 1. The Labute approximate surface area is 190 Å². The molecule has 1 N–H and O–H groups in total. The van der Waals surface area contributed by atoms with E-state index in [9.17, 15) is 18.0 Å². The molecule has 170 valence electrons. The van der Waals surface area contributed by atoms with Gasteiger partial charge in [-0.3, -0.25) is 14.2 Å². The van der Waals surface area contributed by atoms with E-state index in [2.05, 4.69) is 9.88 Å². The van der Waals surface area contributed by atoms with Crippen molar-refractivity contribution in [3.63, 3.8) is 0 Å². The highest BCUT2D eigenvalue weighted by Gasteiger charge is 2.25. The Hall–Kier alpha value is -2.95. The van der Waals surface area contributed by atoms with Crippen molar-refractivity contribution in [3.05, 3.63) is 64.1 Å². The molecule has 3 rings (SSSR count). The molecular formula is C21H22ClN3O6S. The molecule has 0 fully saturated rings. The zero-order chi connectivity index (χ0) is 23.6. The minimum absolute atomic E-state index is 0.0480. The number of carbonyl (C=O) groups excluding carboxylic acids is 2. The molecule has 3 aromatic rings. The number of sulfonamides is 1. The van der Waals surface area contributed by atoms with Crippen LogP contribution < -0.4 is 4.72 Å². The van der Waals surface area contributed by atoms with Gasteiger partial charge >= 0.3 is 5.97 Å². The number of Topliss-reactive ketones (excluding diaryl/α,β-unsaturated/α-hetero) is 1. The zero-order valence-electron chi connectivity index (χ0n) is 17.9. The van der Waals surface area contributed by atoms with E-state index >= 15 is 0 Å². The molecule has 2 aromatic heterocycles. The maximum absolute atomic E-state index is 12.6. The Kier molecular flexibility index (Phi) is 6.87. The van der Waals surface area contributed by atoms with Crippen LogP contribution in [0.4, 0.5) is 0 Å². The summed E-state index contributed by atoms with van der Waals surface area (Å²) >= 11 is 5.77. The SMILES string of the molecule is Cc1cc(-n2c(C)cc(C(=O)COC(=O)C(C)NS(=O)(=O)c3ccc(Cl)cc3)c2C)no1. The molecule has 11 heteroatoms. The number of ether oxygens (including phenoxy) is 1. The van der Waals surface area contributed by atoms with Crippen LogP contribution in [0.25, 0.3) is 5.82 Å². The molecule has 1 unspecified atom stereocenters. The standard InChI is InChI=1S/C21H22ClN3O6S/c1-12-9-18(15(4)25(12)20-10-13(2)31-23-20)19(26)11-30-21(27)14(3)24-32(28,29)17-7-5-16(22)6-8-17/h5-10,14,24H,11H2,1-4H3. The van der Waals surface area contributed by atoms with Crippen molar-refractivity contribution in [2.24, 2.45) is 0 Å². The van der Waals surface area contributed by atoms with Crippen molar-refractivity contribution < 1.29 is 27.3 Å². The monoisotopic (exact) mass is 479 g/mol. The lowest BCUT2D eigenvalue weighted by Crippen LogP contribution is -2.40. The Morgan fingerprint density at radius 1 is 1.19 bits per heavy atom. The Balaban J connectivity index is 1.64. The van der Waals surface area contributed by atoms with Crippen LogP contribution >= 0.6 is 11.6 Å². The lowest BCUT2D eigenvalue weighted by atomic mass is 10.1. The maximum Gasteiger partial charge on any atom is 0.324 e. The smallest absolute Gasteiger partial charge is 0.324 e. The summed E-state index contributed by atoms with van der Waals surface area (Å²) in [6.45, 7) is 6.12. The van der Waals surface area contributed by atoms with Crippen molar-refractivity contribution in [2.75, 3.05) is 6.61 Å². The fourth-order valence-corrected chi connectivity index (χ4v) is 4.48. The largest absolute Gasteiger partial charge is 0.456 e. The number of benzene rings is 1. The van der Waals surface area contributed by atoms with Gasteiger partial charge in [0.2, 0.25) is 15.8 Å². The molecule has 9 nitrogen and oxygen atoms in total. The highest BCUT2D eigenvalue weighted by Crippen LogP contribution is 2.21. The number of hydrogen-bond acceptors (Lipinski definition) is 7. The number of esters is 1. The second kappa shape index (κ2) is 9.27. The zero-order valence-corrected chi connectivity index (χ0v) is 19.5. The molecule has 0 aliphatic rings. The van der Waals surface area contributed by atoms with Crippen LogP contribution in [0.5, 0.6) is 0 Å². The third kappa shape index (κ3) is 5.09. The third-order valence-corrected chi connectivity index (χ3v) is 6.54. The van der Waals surface area contributed by atoms with Crippen LogP contribution in [-0.2, 0) is 19.6 Å². The van der Waals surface area contributed by atoms with Crippen molar-refractivity contribution in [1.82, 2.24) is 14.4 Å². The maximum atomic E-state index is 12.6. The van der Waals surface area contributed by atoms with Gasteiger partial charge in [-0.1, -0.05) is 16.8 Å². The van der Waals surface area contributed by atoms with Gasteiger partial charge in [0, 0.05) is 28.0 Å². The van der Waals surface area contributed by atoms with E-state index in [1.54, 1.807) is 30.5 Å². The fourth-order valence-electron chi connectivity index (χ4n) is 3.16. The van der Waals surface area contributed by atoms with E-state index in [0.717, 1.165) is 5.69 Å². The van der Waals surface area contributed by atoms with Crippen LogP contribution in [-0.4, -0.2) is 42.5 Å². The summed E-state index contributed by atoms with van der Waals surface area (Å²) in [5.74, 6) is -0.134. The van der Waals surface area contributed by atoms with E-state index in [4.69, 9.17) is 20.9 Å². The second-order valence-electron chi connectivity index (χ2n) is 7.24. The van der Waals surface area contributed by atoms with E-state index in [1.807, 2.05) is 6.92 Å². The molecule has 0 spiro atoms. The second-order valence-corrected chi connectivity index (χ2v) is 9.39. The molecule has 0 saturated carbocycles. The number of nitrogens with one attached hydrogen (secondary N) is 1. The van der Waals surface area contributed by atoms with Gasteiger partial charge in [0.05, 0.1) is 4.90 Å². The van der Waals surface area contributed by atoms with Gasteiger partial charge in [-0.2, -0.15) is 4.72 Å². The van der Waals surface area contributed by atoms with Crippen LogP contribution in [0.2, 0.25) is 5.02 Å². The Morgan fingerprint density at radius 3 is 2.44 bits per heavy atom. The fraction of sp³-hybridized carbons (Fsp3) is 0.286. The van der Waals surface area contributed by atoms with Crippen LogP contribution in [0.15, 0.2) is 45.8 Å². The van der Waals surface area contributed by atoms with Crippen LogP contribution in [0.1, 0.15) is 34.4 Å². The molecule has 0 saturated heterocycles. The first kappa shape index (κ1) is 23.7. The molecule has 0 aliphatic carbocycles. The molecule has 0 bridgehead atoms. The average molecular weight is 480 g/mol. The topological polar surface area (TPSA) is 120 Å². The van der Waals surface area contributed by atoms with Gasteiger partial charge in [0.1, 0.15) is 11.8 Å². The summed E-state index contributed by atoms with van der Waals surface area (Å²) in [6, 6.07) is 7.69. The van der Waals surface area contributed by atoms with Crippen molar-refractivity contribution in [3.8, 4) is 5.82 Å². The highest BCUT2D eigenvalue weighted by molar-refractivity contribution is 7.89. The third-order valence-electron chi connectivity index (χ3n) is 4.73. The first-order valence-corrected chi connectivity index (χ1v) is 11.5. The van der Waals surface area contributed by atoms with Crippen LogP contribution in [0, 0.1) is 20.8 Å². The first-order chi connectivity index (χ1) is 15.0. The molecule has 1 aromatic carbocycles. The molecule has 1 atom stereocenters. The number of rotatable bonds is 8. The van der Waals surface area contributed by atoms with E-state index < -0.39 is 34.4 Å². The summed E-state index contributed by atoms with van der Waals surface area (Å²) in [7, 11) is -3.96. The Bertz CT molecular complexity index is 1260. The number of nitrogens with zero attached hydrogens (tertiary/aromatic N) is 2. The van der Waals surface area contributed by atoms with Gasteiger partial charge in [0.15, 0.2) is 12.4 Å². The summed E-state index contributed by atoms with van der Waals surface area (Å²) in [4.78, 5) is 24.9. The predicted octanol–water partition coefficient (Wildman–Crippen LogP) is 3.14. The summed E-state index contributed by atoms with van der Waals surface area (Å²) in [6.07, 6.45) is 0. The molecule has 32 heavy (non-hydrogen) atoms. The molecule has 0 amide bonds. The van der Waals surface area contributed by atoms with Crippen molar-refractivity contribution >= 4 is 33.4 Å². The molecule has 0 aliphatic heterocycles. The van der Waals surface area contributed by atoms with Gasteiger partial charge in [-0.25, -0.2) is 8.42 Å². The average Bonchev–Trinajstić information content (AvgIpc) is 3.27. The minimum atomic E-state index is -3.96. The highest BCUT2D eigenvalue weighted by atomic mass is 35.5. The van der Waals surface area contributed by atoms with Crippen molar-refractivity contribution in [1.29, 1.82) is 0 Å². The number of carbonyl (C=O) groups is 2. The summed E-state index contributed by atoms with van der Waals surface area (Å²) in [5, 5.41) is 4.34. The van der Waals surface area contributed by atoms with Crippen LogP contribution in [0.3, 0.4) is 0 Å². The van der Waals surface area contributed by atoms with E-state index in [1.165, 1.54) is 31.2 Å². The molecule has 0 radical (unpaired) electrons.